The van der Waals surface area contributed by atoms with Crippen molar-refractivity contribution in [3.8, 4) is 21.1 Å². The number of benzene rings is 2. The summed E-state index contributed by atoms with van der Waals surface area (Å²) < 4.78 is 6.26. The lowest BCUT2D eigenvalue weighted by Crippen LogP contribution is -2.28. The van der Waals surface area contributed by atoms with Gasteiger partial charge in [0.15, 0.2) is 11.3 Å². The average molecular weight is 678 g/mol. The predicted octanol–water partition coefficient (Wildman–Crippen LogP) is 9.21. The van der Waals surface area contributed by atoms with E-state index in [2.05, 4.69) is 82.8 Å². The van der Waals surface area contributed by atoms with Crippen molar-refractivity contribution in [3.05, 3.63) is 101 Å². The summed E-state index contributed by atoms with van der Waals surface area (Å²) in [5, 5.41) is 25.3. The van der Waals surface area contributed by atoms with Gasteiger partial charge in [-0.25, -0.2) is 19.0 Å². The molecule has 1 aliphatic carbocycles. The number of hydrogen-bond donors (Lipinski definition) is 2. The zero-order valence-electron chi connectivity index (χ0n) is 25.9. The summed E-state index contributed by atoms with van der Waals surface area (Å²) in [5.74, 6) is 0.861. The van der Waals surface area contributed by atoms with Crippen LogP contribution in [-0.4, -0.2) is 46.4 Å². The van der Waals surface area contributed by atoms with Gasteiger partial charge in [-0.2, -0.15) is 5.10 Å². The summed E-state index contributed by atoms with van der Waals surface area (Å²) in [6.07, 6.45) is 7.28. The van der Waals surface area contributed by atoms with Crippen LogP contribution in [0, 0.1) is 13.8 Å². The topological polar surface area (TPSA) is 92.6 Å². The number of hydrogen-bond acceptors (Lipinski definition) is 8. The lowest BCUT2D eigenvalue weighted by Gasteiger charge is -2.26. The summed E-state index contributed by atoms with van der Waals surface area (Å²) in [5.41, 5.74) is 6.18. The van der Waals surface area contributed by atoms with Gasteiger partial charge in [0.1, 0.15) is 22.4 Å². The van der Waals surface area contributed by atoms with E-state index in [0.717, 1.165) is 59.1 Å². The van der Waals surface area contributed by atoms with E-state index in [-0.39, 0.29) is 6.10 Å². The molecule has 11 heteroatoms. The highest BCUT2D eigenvalue weighted by Crippen LogP contribution is 2.35. The molecule has 47 heavy (non-hydrogen) atoms. The molecule has 0 amide bonds. The Hall–Kier alpha value is -4.35. The molecule has 8 aromatic rings. The molecule has 0 unspecified atom stereocenters. The summed E-state index contributed by atoms with van der Waals surface area (Å²) in [7, 11) is 0. The molecular formula is C36H32ClN7OS2. The zero-order valence-corrected chi connectivity index (χ0v) is 28.3. The molecule has 8 nitrogen and oxygen atoms in total. The van der Waals surface area contributed by atoms with Crippen molar-refractivity contribution in [2.45, 2.75) is 51.7 Å². The number of halogens is 1. The van der Waals surface area contributed by atoms with Gasteiger partial charge in [0.05, 0.1) is 28.3 Å². The number of aliphatic hydroxyl groups excluding tert-OH is 1. The number of aliphatic hydroxyl groups is 1. The van der Waals surface area contributed by atoms with E-state index in [1.807, 2.05) is 35.1 Å². The molecule has 2 aromatic carbocycles. The Kier molecular flexibility index (Phi) is 7.89. The van der Waals surface area contributed by atoms with Crippen molar-refractivity contribution in [3.63, 3.8) is 0 Å². The van der Waals surface area contributed by atoms with Gasteiger partial charge in [0, 0.05) is 15.4 Å². The first-order valence-electron chi connectivity index (χ1n) is 15.7. The van der Waals surface area contributed by atoms with Crippen molar-refractivity contribution >= 4 is 71.6 Å². The van der Waals surface area contributed by atoms with Crippen molar-refractivity contribution in [2.75, 3.05) is 5.32 Å². The molecule has 0 radical (unpaired) electrons. The minimum atomic E-state index is -0.143. The first kappa shape index (κ1) is 30.0. The Labute approximate surface area is 284 Å². The normalized spacial score (nSPS) is 16.6. The third-order valence-corrected chi connectivity index (χ3v) is 11.1. The smallest absolute Gasteiger partial charge is 0.154 e. The minimum absolute atomic E-state index is 0.143. The van der Waals surface area contributed by atoms with Gasteiger partial charge in [-0.3, -0.25) is 0 Å². The van der Waals surface area contributed by atoms with E-state index in [0.29, 0.717) is 11.2 Å². The van der Waals surface area contributed by atoms with Gasteiger partial charge in [-0.1, -0.05) is 47.0 Å². The van der Waals surface area contributed by atoms with E-state index in [1.54, 1.807) is 33.3 Å². The third-order valence-electron chi connectivity index (χ3n) is 8.59. The van der Waals surface area contributed by atoms with Crippen LogP contribution in [0.4, 0.5) is 5.82 Å². The summed E-state index contributed by atoms with van der Waals surface area (Å²) in [6.45, 7) is 4.22. The van der Waals surface area contributed by atoms with Crippen molar-refractivity contribution in [1.82, 2.24) is 29.2 Å². The van der Waals surface area contributed by atoms with Crippen LogP contribution in [0.15, 0.2) is 85.2 Å². The number of fused-ring (bicyclic) bond motifs is 4. The number of nitrogens with zero attached hydrogens (tertiary/aromatic N) is 6. The maximum Gasteiger partial charge on any atom is 0.154 e. The molecule has 2 N–H and O–H groups in total. The number of rotatable bonds is 4. The molecule has 0 saturated heterocycles. The third kappa shape index (κ3) is 6.09. The molecule has 0 aliphatic heterocycles. The highest BCUT2D eigenvalue weighted by Gasteiger charge is 2.20. The minimum Gasteiger partial charge on any atom is -0.393 e. The van der Waals surface area contributed by atoms with E-state index >= 15 is 0 Å². The largest absolute Gasteiger partial charge is 0.393 e. The van der Waals surface area contributed by atoms with Gasteiger partial charge in [0.2, 0.25) is 0 Å². The van der Waals surface area contributed by atoms with Gasteiger partial charge in [0.25, 0.3) is 0 Å². The van der Waals surface area contributed by atoms with E-state index in [9.17, 15) is 5.11 Å². The first-order chi connectivity index (χ1) is 22.9. The van der Waals surface area contributed by atoms with E-state index in [4.69, 9.17) is 16.7 Å². The molecule has 0 atom stereocenters. The summed E-state index contributed by atoms with van der Waals surface area (Å²) >= 11 is 9.49. The molecule has 0 spiro atoms. The van der Waals surface area contributed by atoms with Crippen LogP contribution >= 0.6 is 34.3 Å². The van der Waals surface area contributed by atoms with Crippen LogP contribution in [-0.2, 0) is 0 Å². The SMILES string of the molecule is Cc1ccc2sc(-c3cnc4ccc(Cl)nn34)cc2c1.Cc1ccc2sc(-c3cnc4ccc(NC5CCC(O)CC5)nn34)cc2c1. The summed E-state index contributed by atoms with van der Waals surface area (Å²) in [6, 6.07) is 25.4. The highest BCUT2D eigenvalue weighted by molar-refractivity contribution is 7.22. The molecule has 0 bridgehead atoms. The Balaban J connectivity index is 0.000000144. The van der Waals surface area contributed by atoms with Crippen LogP contribution in [0.5, 0.6) is 0 Å². The molecule has 236 valence electrons. The second-order valence-electron chi connectivity index (χ2n) is 12.2. The Bertz CT molecular complexity index is 2380. The van der Waals surface area contributed by atoms with Gasteiger partial charge in [-0.05, 0) is 98.8 Å². The fraction of sp³-hybridized carbons (Fsp3) is 0.222. The molecule has 6 heterocycles. The molecular weight excluding hydrogens is 646 g/mol. The Morgan fingerprint density at radius 3 is 1.85 bits per heavy atom. The zero-order chi connectivity index (χ0) is 32.1. The highest BCUT2D eigenvalue weighted by atomic mass is 35.5. The molecule has 1 fully saturated rings. The van der Waals surface area contributed by atoms with Crippen molar-refractivity contribution in [2.24, 2.45) is 0 Å². The van der Waals surface area contributed by atoms with Crippen molar-refractivity contribution in [1.29, 1.82) is 0 Å². The number of aromatic nitrogens is 6. The number of thiophene rings is 2. The van der Waals surface area contributed by atoms with Crippen LogP contribution in [0.2, 0.25) is 5.15 Å². The van der Waals surface area contributed by atoms with Crippen LogP contribution < -0.4 is 5.32 Å². The second-order valence-corrected chi connectivity index (χ2v) is 14.7. The lowest BCUT2D eigenvalue weighted by molar-refractivity contribution is 0.126. The fourth-order valence-electron chi connectivity index (χ4n) is 6.14. The van der Waals surface area contributed by atoms with Crippen LogP contribution in [0.1, 0.15) is 36.8 Å². The Morgan fingerprint density at radius 2 is 1.26 bits per heavy atom. The molecule has 1 saturated carbocycles. The number of imidazole rings is 2. The molecule has 9 rings (SSSR count). The summed E-state index contributed by atoms with van der Waals surface area (Å²) in [4.78, 5) is 11.2. The predicted molar refractivity (Wildman–Crippen MR) is 194 cm³/mol. The molecule has 6 aromatic heterocycles. The van der Waals surface area contributed by atoms with Crippen LogP contribution in [0.3, 0.4) is 0 Å². The van der Waals surface area contributed by atoms with Gasteiger partial charge < -0.3 is 10.4 Å². The van der Waals surface area contributed by atoms with Crippen molar-refractivity contribution < 1.29 is 5.11 Å². The number of nitrogens with one attached hydrogen (secondary N) is 1. The monoisotopic (exact) mass is 677 g/mol. The quantitative estimate of drug-likeness (QED) is 0.193. The lowest BCUT2D eigenvalue weighted by atomic mass is 9.93. The van der Waals surface area contributed by atoms with Crippen LogP contribution in [0.25, 0.3) is 52.6 Å². The second kappa shape index (κ2) is 12.4. The van der Waals surface area contributed by atoms with Gasteiger partial charge in [-0.15, -0.1) is 27.8 Å². The van der Waals surface area contributed by atoms with Gasteiger partial charge >= 0.3 is 0 Å². The standard InChI is InChI=1S/C21H22N4OS.C15H10ClN3S/c1-13-2-7-18-14(10-13)11-19(27-18)17-12-22-21-9-8-20(24-25(17)21)23-15-3-5-16(26)6-4-15;1-9-2-3-12-10(6-9)7-13(20-12)11-8-17-15-5-4-14(16)18-19(11)15/h2,7-12,15-16,26H,3-6H2,1H3,(H,23,24);2-8H,1H3. The number of aryl methyl sites for hydroxylation is 2. The van der Waals surface area contributed by atoms with E-state index < -0.39 is 0 Å². The first-order valence-corrected chi connectivity index (χ1v) is 17.7. The Morgan fingerprint density at radius 1 is 0.702 bits per heavy atom. The maximum absolute atomic E-state index is 9.69. The fourth-order valence-corrected chi connectivity index (χ4v) is 8.36. The number of anilines is 1. The van der Waals surface area contributed by atoms with E-state index in [1.165, 1.54) is 36.2 Å². The maximum atomic E-state index is 9.69. The average Bonchev–Trinajstić information content (AvgIpc) is 3.86. The molecule has 1 aliphatic rings.